The van der Waals surface area contributed by atoms with E-state index in [0.717, 1.165) is 41.2 Å². The summed E-state index contributed by atoms with van der Waals surface area (Å²) in [7, 11) is 5.33. The molecule has 1 aromatic carbocycles. The minimum atomic E-state index is 0.208. The zero-order valence-electron chi connectivity index (χ0n) is 11.5. The number of hydrogen-bond donors (Lipinski definition) is 1. The molecular weight excluding hydrogens is 310 g/mol. The Morgan fingerprint density at radius 2 is 2.05 bits per heavy atom. The molecular formula is C14H20BrNO3. The van der Waals surface area contributed by atoms with E-state index in [1.807, 2.05) is 19.2 Å². The number of nitrogens with one attached hydrogen (secondary N) is 1. The summed E-state index contributed by atoms with van der Waals surface area (Å²) >= 11 is 3.49. The molecule has 2 atom stereocenters. The van der Waals surface area contributed by atoms with Gasteiger partial charge >= 0.3 is 0 Å². The lowest BCUT2D eigenvalue weighted by atomic mass is 9.91. The molecule has 0 aromatic heterocycles. The summed E-state index contributed by atoms with van der Waals surface area (Å²) < 4.78 is 17.3. The summed E-state index contributed by atoms with van der Waals surface area (Å²) in [6.45, 7) is 1.62. The van der Waals surface area contributed by atoms with Crippen LogP contribution in [0, 0.1) is 5.92 Å². The molecule has 106 valence electrons. The maximum Gasteiger partial charge on any atom is 0.133 e. The van der Waals surface area contributed by atoms with Gasteiger partial charge < -0.3 is 19.5 Å². The number of ether oxygens (including phenoxy) is 3. The average Bonchev–Trinajstić information content (AvgIpc) is 2.94. The summed E-state index contributed by atoms with van der Waals surface area (Å²) in [6, 6.07) is 4.19. The molecule has 1 fully saturated rings. The minimum absolute atomic E-state index is 0.208. The van der Waals surface area contributed by atoms with Gasteiger partial charge in [-0.15, -0.1) is 0 Å². The highest BCUT2D eigenvalue weighted by molar-refractivity contribution is 9.10. The number of rotatable bonds is 5. The molecule has 1 aliphatic rings. The molecule has 1 saturated heterocycles. The fourth-order valence-electron chi connectivity index (χ4n) is 2.59. The molecule has 2 rings (SSSR count). The molecule has 0 spiro atoms. The maximum absolute atomic E-state index is 5.50. The van der Waals surface area contributed by atoms with E-state index in [4.69, 9.17) is 14.2 Å². The number of halogens is 1. The second-order valence-corrected chi connectivity index (χ2v) is 5.47. The van der Waals surface area contributed by atoms with Crippen LogP contribution in [-0.2, 0) is 4.74 Å². The van der Waals surface area contributed by atoms with Gasteiger partial charge in [0.05, 0.1) is 25.3 Å². The van der Waals surface area contributed by atoms with Gasteiger partial charge in [-0.1, -0.05) is 0 Å². The molecule has 1 N–H and O–H groups in total. The van der Waals surface area contributed by atoms with Crippen molar-refractivity contribution in [3.05, 3.63) is 22.2 Å². The van der Waals surface area contributed by atoms with Crippen LogP contribution >= 0.6 is 15.9 Å². The van der Waals surface area contributed by atoms with Gasteiger partial charge in [-0.3, -0.25) is 0 Å². The fourth-order valence-corrected chi connectivity index (χ4v) is 3.07. The van der Waals surface area contributed by atoms with Crippen molar-refractivity contribution in [3.63, 3.8) is 0 Å². The molecule has 5 heteroatoms. The number of hydrogen-bond acceptors (Lipinski definition) is 4. The second-order valence-electron chi connectivity index (χ2n) is 4.62. The first-order valence-electron chi connectivity index (χ1n) is 6.37. The highest BCUT2D eigenvalue weighted by Crippen LogP contribution is 2.39. The predicted molar refractivity (Wildman–Crippen MR) is 78.0 cm³/mol. The lowest BCUT2D eigenvalue weighted by Crippen LogP contribution is -2.26. The van der Waals surface area contributed by atoms with Crippen LogP contribution in [-0.4, -0.2) is 34.5 Å². The second kappa shape index (κ2) is 6.59. The first-order chi connectivity index (χ1) is 9.21. The van der Waals surface area contributed by atoms with E-state index in [-0.39, 0.29) is 6.04 Å². The molecule has 1 heterocycles. The molecule has 0 bridgehead atoms. The van der Waals surface area contributed by atoms with Crippen molar-refractivity contribution < 1.29 is 14.2 Å². The molecule has 1 aromatic rings. The van der Waals surface area contributed by atoms with Gasteiger partial charge in [-0.05, 0) is 41.5 Å². The van der Waals surface area contributed by atoms with Gasteiger partial charge in [-0.25, -0.2) is 0 Å². The Labute approximate surface area is 122 Å². The van der Waals surface area contributed by atoms with Crippen LogP contribution in [0.1, 0.15) is 18.0 Å². The van der Waals surface area contributed by atoms with Gasteiger partial charge in [0, 0.05) is 24.1 Å². The van der Waals surface area contributed by atoms with E-state index >= 15 is 0 Å². The summed E-state index contributed by atoms with van der Waals surface area (Å²) in [4.78, 5) is 0. The first-order valence-corrected chi connectivity index (χ1v) is 7.17. The number of methoxy groups -OCH3 is 2. The van der Waals surface area contributed by atoms with Gasteiger partial charge in [0.15, 0.2) is 0 Å². The summed E-state index contributed by atoms with van der Waals surface area (Å²) in [6.07, 6.45) is 1.06. The summed E-state index contributed by atoms with van der Waals surface area (Å²) in [5.41, 5.74) is 1.11. The zero-order chi connectivity index (χ0) is 13.8. The largest absolute Gasteiger partial charge is 0.496 e. The molecule has 1 aliphatic heterocycles. The third-order valence-corrected chi connectivity index (χ3v) is 4.21. The lowest BCUT2D eigenvalue weighted by molar-refractivity contribution is 0.177. The van der Waals surface area contributed by atoms with E-state index in [1.54, 1.807) is 14.2 Å². The average molecular weight is 330 g/mol. The molecule has 4 nitrogen and oxygen atoms in total. The van der Waals surface area contributed by atoms with Crippen LogP contribution in [0.4, 0.5) is 0 Å². The Bertz CT molecular complexity index is 433. The summed E-state index contributed by atoms with van der Waals surface area (Å²) in [5, 5.41) is 3.37. The Morgan fingerprint density at radius 1 is 1.32 bits per heavy atom. The van der Waals surface area contributed by atoms with Crippen LogP contribution in [0.5, 0.6) is 11.5 Å². The van der Waals surface area contributed by atoms with E-state index in [2.05, 4.69) is 21.2 Å². The van der Waals surface area contributed by atoms with Crippen molar-refractivity contribution in [1.82, 2.24) is 5.32 Å². The van der Waals surface area contributed by atoms with Crippen LogP contribution in [0.15, 0.2) is 16.6 Å². The van der Waals surface area contributed by atoms with Crippen LogP contribution in [0.3, 0.4) is 0 Å². The van der Waals surface area contributed by atoms with Crippen molar-refractivity contribution >= 4 is 15.9 Å². The van der Waals surface area contributed by atoms with Crippen molar-refractivity contribution in [2.24, 2.45) is 5.92 Å². The Hall–Kier alpha value is -0.780. The third kappa shape index (κ3) is 3.04. The number of benzene rings is 1. The lowest BCUT2D eigenvalue weighted by Gasteiger charge is -2.25. The summed E-state index contributed by atoms with van der Waals surface area (Å²) in [5.74, 6) is 2.14. The van der Waals surface area contributed by atoms with Gasteiger partial charge in [0.25, 0.3) is 0 Å². The topological polar surface area (TPSA) is 39.7 Å². The minimum Gasteiger partial charge on any atom is -0.496 e. The van der Waals surface area contributed by atoms with Crippen molar-refractivity contribution in [1.29, 1.82) is 0 Å². The highest BCUT2D eigenvalue weighted by Gasteiger charge is 2.28. The van der Waals surface area contributed by atoms with Crippen molar-refractivity contribution in [2.75, 3.05) is 34.5 Å². The van der Waals surface area contributed by atoms with Crippen molar-refractivity contribution in [2.45, 2.75) is 12.5 Å². The van der Waals surface area contributed by atoms with Gasteiger partial charge in [-0.2, -0.15) is 0 Å². The van der Waals surface area contributed by atoms with Crippen LogP contribution in [0.25, 0.3) is 0 Å². The van der Waals surface area contributed by atoms with E-state index in [1.165, 1.54) is 0 Å². The first kappa shape index (κ1) is 14.6. The molecule has 0 amide bonds. The Kier molecular flexibility index (Phi) is 5.07. The van der Waals surface area contributed by atoms with Crippen LogP contribution in [0.2, 0.25) is 0 Å². The van der Waals surface area contributed by atoms with Gasteiger partial charge in [0.2, 0.25) is 0 Å². The molecule has 0 radical (unpaired) electrons. The van der Waals surface area contributed by atoms with E-state index in [9.17, 15) is 0 Å². The monoisotopic (exact) mass is 329 g/mol. The molecule has 0 aliphatic carbocycles. The predicted octanol–water partition coefficient (Wildman–Crippen LogP) is 2.76. The van der Waals surface area contributed by atoms with Crippen LogP contribution < -0.4 is 14.8 Å². The fraction of sp³-hybridized carbons (Fsp3) is 0.571. The smallest absolute Gasteiger partial charge is 0.133 e. The highest BCUT2D eigenvalue weighted by atomic mass is 79.9. The van der Waals surface area contributed by atoms with Gasteiger partial charge in [0.1, 0.15) is 11.5 Å². The Morgan fingerprint density at radius 3 is 2.58 bits per heavy atom. The van der Waals surface area contributed by atoms with Crippen molar-refractivity contribution in [3.8, 4) is 11.5 Å². The zero-order valence-corrected chi connectivity index (χ0v) is 13.1. The van der Waals surface area contributed by atoms with E-state index < -0.39 is 0 Å². The standard InChI is InChI=1S/C14H20BrNO3/c1-16-14(9-4-5-19-8-9)10-6-13(18-3)11(15)7-12(10)17-2/h6-7,9,14,16H,4-5,8H2,1-3H3. The third-order valence-electron chi connectivity index (χ3n) is 3.59. The SMILES string of the molecule is CNC(c1cc(OC)c(Br)cc1OC)C1CCOC1. The van der Waals surface area contributed by atoms with E-state index in [0.29, 0.717) is 5.92 Å². The molecule has 2 unspecified atom stereocenters. The Balaban J connectivity index is 2.39. The normalized spacial score (nSPS) is 20.3. The quantitative estimate of drug-likeness (QED) is 0.901. The molecule has 19 heavy (non-hydrogen) atoms. The maximum atomic E-state index is 5.50. The molecule has 0 saturated carbocycles.